The Balaban J connectivity index is 1.79. The van der Waals surface area contributed by atoms with Crippen LogP contribution in [0.2, 0.25) is 0 Å². The van der Waals surface area contributed by atoms with E-state index in [4.69, 9.17) is 15.5 Å². The van der Waals surface area contributed by atoms with Crippen molar-refractivity contribution in [3.63, 3.8) is 0 Å². The third-order valence-electron chi connectivity index (χ3n) is 6.19. The first-order valence-electron chi connectivity index (χ1n) is 9.77. The number of nitrogens with zero attached hydrogens (tertiary/aromatic N) is 2. The van der Waals surface area contributed by atoms with Gasteiger partial charge in [0, 0.05) is 22.2 Å². The number of fused-ring (bicyclic) bond motifs is 5. The maximum absolute atomic E-state index is 13.2. The molecule has 2 aromatic heterocycles. The molecule has 1 atom stereocenters. The van der Waals surface area contributed by atoms with Crippen LogP contribution in [0.1, 0.15) is 42.5 Å². The van der Waals surface area contributed by atoms with Gasteiger partial charge in [-0.05, 0) is 42.7 Å². The number of esters is 1. The van der Waals surface area contributed by atoms with E-state index in [2.05, 4.69) is 0 Å². The second-order valence-corrected chi connectivity index (χ2v) is 7.65. The van der Waals surface area contributed by atoms with Crippen LogP contribution in [0.3, 0.4) is 0 Å². The lowest BCUT2D eigenvalue weighted by Crippen LogP contribution is -2.44. The van der Waals surface area contributed by atoms with Crippen molar-refractivity contribution in [2.45, 2.75) is 45.4 Å². The molecule has 2 aliphatic heterocycles. The summed E-state index contributed by atoms with van der Waals surface area (Å²) in [5.74, 6) is -0.718. The SMILES string of the molecule is CCc1c(N)ccc2nc3c(cc12)Cn1c-3cc2c(c1=O)COC(=O)[C@]2(O)CC. The number of carbonyl (C=O) groups is 1. The normalized spacial score (nSPS) is 19.6. The van der Waals surface area contributed by atoms with Crippen LogP contribution in [0.25, 0.3) is 22.3 Å². The van der Waals surface area contributed by atoms with Crippen molar-refractivity contribution in [2.75, 3.05) is 5.73 Å². The van der Waals surface area contributed by atoms with E-state index in [1.54, 1.807) is 17.6 Å². The van der Waals surface area contributed by atoms with E-state index < -0.39 is 11.6 Å². The summed E-state index contributed by atoms with van der Waals surface area (Å²) in [4.78, 5) is 30.2. The maximum atomic E-state index is 13.2. The average molecular weight is 391 g/mol. The number of carbonyl (C=O) groups excluding carboxylic acids is 1. The Bertz CT molecular complexity index is 1280. The summed E-state index contributed by atoms with van der Waals surface area (Å²) >= 11 is 0. The lowest BCUT2D eigenvalue weighted by Gasteiger charge is -2.31. The molecule has 3 N–H and O–H groups in total. The number of hydrogen-bond acceptors (Lipinski definition) is 6. The number of cyclic esters (lactones) is 1. The van der Waals surface area contributed by atoms with Gasteiger partial charge in [-0.25, -0.2) is 9.78 Å². The molecule has 1 aromatic carbocycles. The summed E-state index contributed by atoms with van der Waals surface area (Å²) in [6.45, 7) is 4.00. The maximum Gasteiger partial charge on any atom is 0.343 e. The van der Waals surface area contributed by atoms with Gasteiger partial charge in [-0.15, -0.1) is 0 Å². The molecule has 29 heavy (non-hydrogen) atoms. The zero-order valence-electron chi connectivity index (χ0n) is 16.3. The van der Waals surface area contributed by atoms with Crippen LogP contribution >= 0.6 is 0 Å². The Kier molecular flexibility index (Phi) is 3.64. The summed E-state index contributed by atoms with van der Waals surface area (Å²) < 4.78 is 6.74. The third kappa shape index (κ3) is 2.25. The fraction of sp³-hybridized carbons (Fsp3) is 0.318. The standard InChI is InChI=1S/C22H21N3O4/c1-3-12-13-7-11-9-25-18(19(11)24-17(13)6-5-16(12)23)8-15-14(20(25)26)10-29-21(27)22(15,28)4-2/h5-8,28H,3-4,9-10,23H2,1-2H3/t22-/m0/s1. The molecule has 0 unspecified atom stereocenters. The van der Waals surface area contributed by atoms with Gasteiger partial charge in [0.2, 0.25) is 0 Å². The summed E-state index contributed by atoms with van der Waals surface area (Å²) in [5.41, 5.74) is 9.53. The van der Waals surface area contributed by atoms with E-state index in [9.17, 15) is 14.7 Å². The summed E-state index contributed by atoms with van der Waals surface area (Å²) in [6, 6.07) is 7.50. The number of ether oxygens (including phenoxy) is 1. The van der Waals surface area contributed by atoms with Gasteiger partial charge in [0.25, 0.3) is 5.56 Å². The first kappa shape index (κ1) is 17.9. The van der Waals surface area contributed by atoms with Gasteiger partial charge in [-0.2, -0.15) is 0 Å². The van der Waals surface area contributed by atoms with Crippen molar-refractivity contribution in [3.8, 4) is 11.4 Å². The topological polar surface area (TPSA) is 107 Å². The summed E-state index contributed by atoms with van der Waals surface area (Å²) in [7, 11) is 0. The zero-order chi connectivity index (χ0) is 20.5. The predicted molar refractivity (Wildman–Crippen MR) is 108 cm³/mol. The number of anilines is 1. The van der Waals surface area contributed by atoms with Gasteiger partial charge in [0.1, 0.15) is 6.61 Å². The first-order chi connectivity index (χ1) is 13.9. The predicted octanol–water partition coefficient (Wildman–Crippen LogP) is 2.22. The number of nitrogens with two attached hydrogens (primary N) is 1. The number of aromatic nitrogens is 2. The van der Waals surface area contributed by atoms with E-state index in [-0.39, 0.29) is 18.6 Å². The molecule has 7 nitrogen and oxygen atoms in total. The molecule has 0 saturated heterocycles. The number of aryl methyl sites for hydroxylation is 1. The molecule has 4 heterocycles. The number of benzene rings is 1. The lowest BCUT2D eigenvalue weighted by molar-refractivity contribution is -0.172. The van der Waals surface area contributed by atoms with E-state index >= 15 is 0 Å². The van der Waals surface area contributed by atoms with Crippen molar-refractivity contribution < 1.29 is 14.6 Å². The fourth-order valence-electron chi connectivity index (χ4n) is 4.52. The van der Waals surface area contributed by atoms with Crippen LogP contribution in [0, 0.1) is 0 Å². The molecule has 5 rings (SSSR count). The minimum atomic E-state index is -1.81. The van der Waals surface area contributed by atoms with Crippen LogP contribution in [0.4, 0.5) is 5.69 Å². The second-order valence-electron chi connectivity index (χ2n) is 7.65. The minimum absolute atomic E-state index is 0.124. The number of hydrogen-bond donors (Lipinski definition) is 2. The quantitative estimate of drug-likeness (QED) is 0.401. The van der Waals surface area contributed by atoms with E-state index in [1.165, 1.54) is 0 Å². The Morgan fingerprint density at radius 3 is 2.79 bits per heavy atom. The molecule has 7 heteroatoms. The van der Waals surface area contributed by atoms with Crippen LogP contribution in [0.5, 0.6) is 0 Å². The van der Waals surface area contributed by atoms with E-state index in [0.29, 0.717) is 29.1 Å². The minimum Gasteiger partial charge on any atom is -0.458 e. The molecule has 0 aliphatic carbocycles. The molecule has 0 bridgehead atoms. The molecule has 0 radical (unpaired) electrons. The number of aliphatic hydroxyl groups is 1. The van der Waals surface area contributed by atoms with Gasteiger partial charge in [0.15, 0.2) is 5.60 Å². The van der Waals surface area contributed by atoms with Crippen molar-refractivity contribution in [2.24, 2.45) is 0 Å². The second kappa shape index (κ2) is 5.90. The smallest absolute Gasteiger partial charge is 0.343 e. The molecule has 2 aliphatic rings. The summed E-state index contributed by atoms with van der Waals surface area (Å²) in [5, 5.41) is 11.9. The number of rotatable bonds is 2. The molecule has 0 fully saturated rings. The van der Waals surface area contributed by atoms with E-state index in [0.717, 1.165) is 34.1 Å². The average Bonchev–Trinajstić information content (AvgIpc) is 3.08. The first-order valence-corrected chi connectivity index (χ1v) is 9.77. The van der Waals surface area contributed by atoms with Crippen molar-refractivity contribution in [1.29, 1.82) is 0 Å². The highest BCUT2D eigenvalue weighted by atomic mass is 16.6. The van der Waals surface area contributed by atoms with Crippen LogP contribution in [0.15, 0.2) is 29.1 Å². The molecule has 0 amide bonds. The molecule has 148 valence electrons. The monoisotopic (exact) mass is 391 g/mol. The Morgan fingerprint density at radius 1 is 1.28 bits per heavy atom. The van der Waals surface area contributed by atoms with Gasteiger partial charge in [-0.1, -0.05) is 13.8 Å². The van der Waals surface area contributed by atoms with Crippen LogP contribution < -0.4 is 11.3 Å². The van der Waals surface area contributed by atoms with Crippen molar-refractivity contribution in [1.82, 2.24) is 9.55 Å². The largest absolute Gasteiger partial charge is 0.458 e. The summed E-state index contributed by atoms with van der Waals surface area (Å²) in [6.07, 6.45) is 0.909. The highest BCUT2D eigenvalue weighted by molar-refractivity contribution is 5.90. The molecular weight excluding hydrogens is 370 g/mol. The molecule has 0 saturated carbocycles. The lowest BCUT2D eigenvalue weighted by atomic mass is 9.86. The van der Waals surface area contributed by atoms with Crippen molar-refractivity contribution >= 4 is 22.6 Å². The van der Waals surface area contributed by atoms with Gasteiger partial charge in [-0.3, -0.25) is 4.79 Å². The van der Waals surface area contributed by atoms with Gasteiger partial charge >= 0.3 is 5.97 Å². The van der Waals surface area contributed by atoms with Crippen LogP contribution in [-0.2, 0) is 34.7 Å². The Morgan fingerprint density at radius 2 is 2.07 bits per heavy atom. The number of pyridine rings is 2. The molecule has 3 aromatic rings. The van der Waals surface area contributed by atoms with E-state index in [1.807, 2.05) is 25.1 Å². The van der Waals surface area contributed by atoms with Crippen LogP contribution in [-0.4, -0.2) is 20.6 Å². The Hall–Kier alpha value is -3.19. The zero-order valence-corrected chi connectivity index (χ0v) is 16.3. The third-order valence-corrected chi connectivity index (χ3v) is 6.19. The Labute approximate surface area is 166 Å². The fourth-order valence-corrected chi connectivity index (χ4v) is 4.52. The van der Waals surface area contributed by atoms with Gasteiger partial charge in [0.05, 0.1) is 29.0 Å². The number of nitrogen functional groups attached to an aromatic ring is 1. The van der Waals surface area contributed by atoms with Gasteiger partial charge < -0.3 is 20.1 Å². The molecule has 0 spiro atoms. The highest BCUT2D eigenvalue weighted by Gasteiger charge is 2.45. The highest BCUT2D eigenvalue weighted by Crippen LogP contribution is 2.39. The van der Waals surface area contributed by atoms with Crippen molar-refractivity contribution in [3.05, 3.63) is 56.9 Å². The molecular formula is C22H21N3O4.